The molecule has 1 N–H and O–H groups in total. The van der Waals surface area contributed by atoms with E-state index >= 15 is 0 Å². The molecule has 2 fully saturated rings. The zero-order valence-corrected chi connectivity index (χ0v) is 19.8. The molecule has 7 nitrogen and oxygen atoms in total. The second-order valence-corrected chi connectivity index (χ2v) is 10.6. The van der Waals surface area contributed by atoms with Crippen LogP contribution in [0.1, 0.15) is 63.9 Å². The summed E-state index contributed by atoms with van der Waals surface area (Å²) in [6.07, 6.45) is 8.50. The molecule has 1 saturated heterocycles. The van der Waals surface area contributed by atoms with Crippen molar-refractivity contribution in [2.75, 3.05) is 20.2 Å². The van der Waals surface area contributed by atoms with Crippen LogP contribution in [-0.2, 0) is 14.8 Å². The average molecular weight is 460 g/mol. The molecule has 2 heterocycles. The van der Waals surface area contributed by atoms with Gasteiger partial charge in [-0.1, -0.05) is 25.7 Å². The van der Waals surface area contributed by atoms with Crippen molar-refractivity contribution < 1.29 is 17.9 Å². The SMILES string of the molecule is COc1ccc(C2=C(C)C(N3CCC(C(=O)NC4CCCCCC4)CC3)=NS2(=O)=O)cc1. The number of nitrogens with one attached hydrogen (secondary N) is 1. The third-order valence-electron chi connectivity index (χ3n) is 6.86. The van der Waals surface area contributed by atoms with Gasteiger partial charge in [0.1, 0.15) is 16.5 Å². The fourth-order valence-corrected chi connectivity index (χ4v) is 6.51. The predicted molar refractivity (Wildman–Crippen MR) is 126 cm³/mol. The Bertz CT molecular complexity index is 998. The molecule has 1 aliphatic carbocycles. The molecule has 1 aromatic carbocycles. The Kier molecular flexibility index (Phi) is 6.88. The number of piperidine rings is 1. The van der Waals surface area contributed by atoms with Gasteiger partial charge in [0.25, 0.3) is 10.0 Å². The smallest absolute Gasteiger partial charge is 0.285 e. The van der Waals surface area contributed by atoms with Gasteiger partial charge in [-0.25, -0.2) is 0 Å². The van der Waals surface area contributed by atoms with Crippen molar-refractivity contribution >= 4 is 26.7 Å². The Labute approximate surface area is 191 Å². The van der Waals surface area contributed by atoms with Crippen LogP contribution in [0.2, 0.25) is 0 Å². The first-order valence-corrected chi connectivity index (χ1v) is 13.1. The maximum absolute atomic E-state index is 12.8. The van der Waals surface area contributed by atoms with Gasteiger partial charge in [-0.3, -0.25) is 4.79 Å². The zero-order valence-electron chi connectivity index (χ0n) is 19.0. The lowest BCUT2D eigenvalue weighted by Gasteiger charge is -2.33. The molecular formula is C24H33N3O4S. The van der Waals surface area contributed by atoms with Crippen molar-refractivity contribution in [1.29, 1.82) is 0 Å². The van der Waals surface area contributed by atoms with E-state index < -0.39 is 10.0 Å². The number of amidine groups is 1. The van der Waals surface area contributed by atoms with Gasteiger partial charge in [0.05, 0.1) is 7.11 Å². The molecule has 1 saturated carbocycles. The van der Waals surface area contributed by atoms with E-state index in [9.17, 15) is 13.2 Å². The molecule has 32 heavy (non-hydrogen) atoms. The second kappa shape index (κ2) is 9.65. The molecule has 2 aliphatic heterocycles. The summed E-state index contributed by atoms with van der Waals surface area (Å²) in [4.78, 5) is 15.1. The largest absolute Gasteiger partial charge is 0.497 e. The molecule has 0 spiro atoms. The second-order valence-electron chi connectivity index (χ2n) is 9.03. The van der Waals surface area contributed by atoms with Gasteiger partial charge in [-0.05, 0) is 62.4 Å². The van der Waals surface area contributed by atoms with Gasteiger partial charge in [0, 0.05) is 30.6 Å². The summed E-state index contributed by atoms with van der Waals surface area (Å²) >= 11 is 0. The number of rotatable bonds is 4. The normalized spacial score (nSPS) is 22.4. The van der Waals surface area contributed by atoms with Crippen LogP contribution in [0.15, 0.2) is 34.2 Å². The number of hydrogen-bond acceptors (Lipinski definition) is 5. The van der Waals surface area contributed by atoms with Crippen LogP contribution < -0.4 is 10.1 Å². The van der Waals surface area contributed by atoms with E-state index in [2.05, 4.69) is 9.71 Å². The molecule has 4 rings (SSSR count). The van der Waals surface area contributed by atoms with Crippen molar-refractivity contribution in [3.05, 3.63) is 35.4 Å². The summed E-state index contributed by atoms with van der Waals surface area (Å²) in [7, 11) is -2.18. The van der Waals surface area contributed by atoms with Crippen LogP contribution in [0.4, 0.5) is 0 Å². The van der Waals surface area contributed by atoms with E-state index in [-0.39, 0.29) is 16.7 Å². The van der Waals surface area contributed by atoms with Gasteiger partial charge in [-0.15, -0.1) is 4.40 Å². The highest BCUT2D eigenvalue weighted by Crippen LogP contribution is 2.35. The summed E-state index contributed by atoms with van der Waals surface area (Å²) in [6.45, 7) is 3.07. The average Bonchev–Trinajstić information content (AvgIpc) is 2.94. The highest BCUT2D eigenvalue weighted by Gasteiger charge is 2.36. The summed E-state index contributed by atoms with van der Waals surface area (Å²) in [5.74, 6) is 1.33. The van der Waals surface area contributed by atoms with Crippen LogP contribution >= 0.6 is 0 Å². The van der Waals surface area contributed by atoms with Gasteiger partial charge < -0.3 is 15.0 Å². The van der Waals surface area contributed by atoms with E-state index in [1.807, 2.05) is 11.8 Å². The Balaban J connectivity index is 1.41. The monoisotopic (exact) mass is 459 g/mol. The van der Waals surface area contributed by atoms with Crippen LogP contribution in [0.25, 0.3) is 4.91 Å². The number of carbonyl (C=O) groups is 1. The quantitative estimate of drug-likeness (QED) is 0.694. The molecule has 0 aromatic heterocycles. The Morgan fingerprint density at radius 1 is 1.03 bits per heavy atom. The Morgan fingerprint density at radius 2 is 1.66 bits per heavy atom. The third-order valence-corrected chi connectivity index (χ3v) is 8.33. The minimum atomic E-state index is -3.75. The van der Waals surface area contributed by atoms with Crippen molar-refractivity contribution in [3.63, 3.8) is 0 Å². The van der Waals surface area contributed by atoms with Crippen molar-refractivity contribution in [2.45, 2.75) is 64.3 Å². The van der Waals surface area contributed by atoms with E-state index in [4.69, 9.17) is 4.74 Å². The maximum Gasteiger partial charge on any atom is 0.285 e. The minimum Gasteiger partial charge on any atom is -0.497 e. The van der Waals surface area contributed by atoms with Crippen molar-refractivity contribution in [3.8, 4) is 5.75 Å². The number of benzene rings is 1. The molecule has 1 amide bonds. The van der Waals surface area contributed by atoms with E-state index in [1.54, 1.807) is 31.4 Å². The number of sulfonamides is 1. The molecule has 0 atom stereocenters. The zero-order chi connectivity index (χ0) is 22.7. The van der Waals surface area contributed by atoms with Crippen molar-refractivity contribution in [2.24, 2.45) is 10.3 Å². The standard InChI is InChI=1S/C24H33N3O4S/c1-17-22(18-9-11-21(31-2)12-10-18)32(29,30)26-23(17)27-15-13-19(14-16-27)24(28)25-20-7-5-3-4-6-8-20/h9-12,19-20H,3-8,13-16H2,1-2H3,(H,25,28). The fraction of sp³-hybridized carbons (Fsp3) is 0.583. The lowest BCUT2D eigenvalue weighted by atomic mass is 9.94. The lowest BCUT2D eigenvalue weighted by molar-refractivity contribution is -0.127. The first-order valence-electron chi connectivity index (χ1n) is 11.6. The van der Waals surface area contributed by atoms with E-state index in [1.165, 1.54) is 25.7 Å². The summed E-state index contributed by atoms with van der Waals surface area (Å²) in [5.41, 5.74) is 1.27. The van der Waals surface area contributed by atoms with Crippen LogP contribution in [0, 0.1) is 5.92 Å². The fourth-order valence-electron chi connectivity index (χ4n) is 5.02. The third kappa shape index (κ3) is 4.85. The molecule has 0 unspecified atom stereocenters. The number of hydrogen-bond donors (Lipinski definition) is 1. The van der Waals surface area contributed by atoms with Crippen LogP contribution in [0.3, 0.4) is 0 Å². The topological polar surface area (TPSA) is 88.1 Å². The molecule has 0 radical (unpaired) electrons. The molecule has 3 aliphatic rings. The minimum absolute atomic E-state index is 0.0153. The number of carbonyl (C=O) groups excluding carboxylic acids is 1. The van der Waals surface area contributed by atoms with Gasteiger partial charge in [0.2, 0.25) is 5.91 Å². The highest BCUT2D eigenvalue weighted by atomic mass is 32.2. The van der Waals surface area contributed by atoms with E-state index in [0.717, 1.165) is 12.8 Å². The van der Waals surface area contributed by atoms with E-state index in [0.29, 0.717) is 54.7 Å². The first kappa shape index (κ1) is 22.8. The Hall–Kier alpha value is -2.35. The van der Waals surface area contributed by atoms with Gasteiger partial charge in [0.15, 0.2) is 0 Å². The number of amides is 1. The number of likely N-dealkylation sites (tertiary alicyclic amines) is 1. The first-order chi connectivity index (χ1) is 15.4. The van der Waals surface area contributed by atoms with Crippen LogP contribution in [-0.4, -0.2) is 51.3 Å². The molecule has 0 bridgehead atoms. The Morgan fingerprint density at radius 3 is 2.25 bits per heavy atom. The molecular weight excluding hydrogens is 426 g/mol. The highest BCUT2D eigenvalue weighted by molar-refractivity contribution is 8.00. The van der Waals surface area contributed by atoms with Gasteiger partial charge >= 0.3 is 0 Å². The number of ether oxygens (including phenoxy) is 1. The number of nitrogens with zero attached hydrogens (tertiary/aromatic N) is 2. The molecule has 1 aromatic rings. The molecule has 8 heteroatoms. The summed E-state index contributed by atoms with van der Waals surface area (Å²) < 4.78 is 35.0. The van der Waals surface area contributed by atoms with Gasteiger partial charge in [-0.2, -0.15) is 8.42 Å². The molecule has 174 valence electrons. The van der Waals surface area contributed by atoms with Crippen molar-refractivity contribution in [1.82, 2.24) is 10.2 Å². The van der Waals surface area contributed by atoms with Crippen LogP contribution in [0.5, 0.6) is 5.75 Å². The lowest BCUT2D eigenvalue weighted by Crippen LogP contribution is -2.45. The number of methoxy groups -OCH3 is 1. The summed E-state index contributed by atoms with van der Waals surface area (Å²) in [5, 5.41) is 3.27. The predicted octanol–water partition coefficient (Wildman–Crippen LogP) is 3.72. The summed E-state index contributed by atoms with van der Waals surface area (Å²) in [6, 6.07) is 7.31. The maximum atomic E-state index is 12.8.